The quantitative estimate of drug-likeness (QED) is 0.854. The summed E-state index contributed by atoms with van der Waals surface area (Å²) in [6.45, 7) is 9.19. The van der Waals surface area contributed by atoms with Gasteiger partial charge in [-0.05, 0) is 36.6 Å². The van der Waals surface area contributed by atoms with Crippen LogP contribution in [0.2, 0.25) is 0 Å². The summed E-state index contributed by atoms with van der Waals surface area (Å²) in [6.07, 6.45) is 3.40. The largest absolute Gasteiger partial charge is 0.490 e. The number of hydrogen-bond donors (Lipinski definition) is 1. The molecule has 2 atom stereocenters. The van der Waals surface area contributed by atoms with Gasteiger partial charge in [-0.15, -0.1) is 0 Å². The number of benzene rings is 1. The minimum absolute atomic E-state index is 0.386. The zero-order chi connectivity index (χ0) is 14.4. The standard InChI is InChI=1S/C17H27NO2/c1-4-7-13(3)17(18-5-2)14-8-9-15-16(12-14)20-11-6-10-19-15/h8-9,12-13,17-18H,4-7,10-11H2,1-3H3. The van der Waals surface area contributed by atoms with E-state index in [0.29, 0.717) is 12.0 Å². The highest BCUT2D eigenvalue weighted by Crippen LogP contribution is 2.34. The van der Waals surface area contributed by atoms with Crippen LogP contribution in [-0.4, -0.2) is 19.8 Å². The molecule has 0 amide bonds. The van der Waals surface area contributed by atoms with E-state index in [9.17, 15) is 0 Å². The van der Waals surface area contributed by atoms with Crippen molar-refractivity contribution in [1.82, 2.24) is 5.32 Å². The fourth-order valence-corrected chi connectivity index (χ4v) is 2.86. The topological polar surface area (TPSA) is 30.5 Å². The summed E-state index contributed by atoms with van der Waals surface area (Å²) in [5, 5.41) is 3.61. The molecule has 1 aromatic rings. The van der Waals surface area contributed by atoms with Gasteiger partial charge in [-0.1, -0.05) is 33.3 Å². The first-order valence-electron chi connectivity index (χ1n) is 7.89. The molecule has 2 rings (SSSR count). The summed E-state index contributed by atoms with van der Waals surface area (Å²) < 4.78 is 11.5. The van der Waals surface area contributed by atoms with Gasteiger partial charge in [-0.3, -0.25) is 0 Å². The molecule has 1 heterocycles. The monoisotopic (exact) mass is 277 g/mol. The molecule has 2 unspecified atom stereocenters. The molecule has 0 bridgehead atoms. The maximum atomic E-state index is 5.80. The summed E-state index contributed by atoms with van der Waals surface area (Å²) in [7, 11) is 0. The molecule has 0 aliphatic carbocycles. The third-order valence-electron chi connectivity index (χ3n) is 3.87. The van der Waals surface area contributed by atoms with Crippen LogP contribution in [0.3, 0.4) is 0 Å². The zero-order valence-corrected chi connectivity index (χ0v) is 12.9. The number of ether oxygens (including phenoxy) is 2. The Hall–Kier alpha value is -1.22. The van der Waals surface area contributed by atoms with E-state index >= 15 is 0 Å². The van der Waals surface area contributed by atoms with Crippen LogP contribution in [0.4, 0.5) is 0 Å². The number of rotatable bonds is 6. The molecule has 112 valence electrons. The van der Waals surface area contributed by atoms with Gasteiger partial charge in [0.2, 0.25) is 0 Å². The predicted octanol–water partition coefficient (Wildman–Crippen LogP) is 3.93. The Morgan fingerprint density at radius 2 is 1.90 bits per heavy atom. The summed E-state index contributed by atoms with van der Waals surface area (Å²) in [5.41, 5.74) is 1.30. The Bertz CT molecular complexity index is 419. The van der Waals surface area contributed by atoms with Crippen molar-refractivity contribution in [3.63, 3.8) is 0 Å². The molecule has 1 aliphatic heterocycles. The minimum atomic E-state index is 0.386. The Kier molecular flexibility index (Phi) is 5.72. The molecule has 0 saturated carbocycles. The van der Waals surface area contributed by atoms with Crippen molar-refractivity contribution in [3.8, 4) is 11.5 Å². The number of hydrogen-bond acceptors (Lipinski definition) is 3. The van der Waals surface area contributed by atoms with Gasteiger partial charge in [0, 0.05) is 12.5 Å². The smallest absolute Gasteiger partial charge is 0.161 e. The van der Waals surface area contributed by atoms with Crippen LogP contribution in [0.1, 0.15) is 51.6 Å². The highest BCUT2D eigenvalue weighted by molar-refractivity contribution is 5.44. The van der Waals surface area contributed by atoms with E-state index in [1.54, 1.807) is 0 Å². The molecule has 20 heavy (non-hydrogen) atoms. The van der Waals surface area contributed by atoms with E-state index in [-0.39, 0.29) is 0 Å². The lowest BCUT2D eigenvalue weighted by Gasteiger charge is -2.25. The first-order chi connectivity index (χ1) is 9.76. The second-order valence-electron chi connectivity index (χ2n) is 5.56. The SMILES string of the molecule is CCCC(C)C(NCC)c1ccc2c(c1)OCCCO2. The summed E-state index contributed by atoms with van der Waals surface area (Å²) in [5.74, 6) is 2.39. The molecular weight excluding hydrogens is 250 g/mol. The van der Waals surface area contributed by atoms with Crippen molar-refractivity contribution in [3.05, 3.63) is 23.8 Å². The van der Waals surface area contributed by atoms with Crippen LogP contribution in [0, 0.1) is 5.92 Å². The Balaban J connectivity index is 2.22. The van der Waals surface area contributed by atoms with Gasteiger partial charge in [0.25, 0.3) is 0 Å². The van der Waals surface area contributed by atoms with Gasteiger partial charge >= 0.3 is 0 Å². The van der Waals surface area contributed by atoms with Gasteiger partial charge in [0.1, 0.15) is 0 Å². The molecule has 1 aliphatic rings. The van der Waals surface area contributed by atoms with Crippen LogP contribution in [0.25, 0.3) is 0 Å². The Morgan fingerprint density at radius 1 is 1.15 bits per heavy atom. The molecule has 0 aromatic heterocycles. The van der Waals surface area contributed by atoms with Crippen molar-refractivity contribution in [2.45, 2.75) is 46.1 Å². The van der Waals surface area contributed by atoms with Crippen LogP contribution < -0.4 is 14.8 Å². The first-order valence-corrected chi connectivity index (χ1v) is 7.89. The molecule has 1 aromatic carbocycles. The average Bonchev–Trinajstić information content (AvgIpc) is 2.69. The zero-order valence-electron chi connectivity index (χ0n) is 12.9. The lowest BCUT2D eigenvalue weighted by atomic mass is 9.90. The van der Waals surface area contributed by atoms with Gasteiger partial charge in [0.15, 0.2) is 11.5 Å². The fraction of sp³-hybridized carbons (Fsp3) is 0.647. The third kappa shape index (κ3) is 3.66. The van der Waals surface area contributed by atoms with Gasteiger partial charge in [-0.2, -0.15) is 0 Å². The number of nitrogens with one attached hydrogen (secondary N) is 1. The second-order valence-corrected chi connectivity index (χ2v) is 5.56. The van der Waals surface area contributed by atoms with Gasteiger partial charge in [-0.25, -0.2) is 0 Å². The molecule has 0 spiro atoms. The van der Waals surface area contributed by atoms with Crippen molar-refractivity contribution < 1.29 is 9.47 Å². The second kappa shape index (κ2) is 7.53. The lowest BCUT2D eigenvalue weighted by Crippen LogP contribution is -2.26. The molecule has 3 nitrogen and oxygen atoms in total. The predicted molar refractivity (Wildman–Crippen MR) is 82.5 cm³/mol. The number of fused-ring (bicyclic) bond motifs is 1. The fourth-order valence-electron chi connectivity index (χ4n) is 2.86. The van der Waals surface area contributed by atoms with Crippen LogP contribution in [0.15, 0.2) is 18.2 Å². The van der Waals surface area contributed by atoms with E-state index in [1.807, 2.05) is 0 Å². The van der Waals surface area contributed by atoms with Crippen LogP contribution in [0.5, 0.6) is 11.5 Å². The molecular formula is C17H27NO2. The van der Waals surface area contributed by atoms with Gasteiger partial charge < -0.3 is 14.8 Å². The van der Waals surface area contributed by atoms with Crippen molar-refractivity contribution >= 4 is 0 Å². The highest BCUT2D eigenvalue weighted by atomic mass is 16.5. The van der Waals surface area contributed by atoms with Crippen molar-refractivity contribution in [2.75, 3.05) is 19.8 Å². The maximum absolute atomic E-state index is 5.80. The molecule has 1 N–H and O–H groups in total. The van der Waals surface area contributed by atoms with E-state index < -0.39 is 0 Å². The Morgan fingerprint density at radius 3 is 2.60 bits per heavy atom. The normalized spacial score (nSPS) is 17.4. The molecule has 0 radical (unpaired) electrons. The molecule has 0 fully saturated rings. The van der Waals surface area contributed by atoms with Crippen molar-refractivity contribution in [1.29, 1.82) is 0 Å². The minimum Gasteiger partial charge on any atom is -0.490 e. The highest BCUT2D eigenvalue weighted by Gasteiger charge is 2.20. The van der Waals surface area contributed by atoms with Crippen LogP contribution >= 0.6 is 0 Å². The van der Waals surface area contributed by atoms with E-state index in [2.05, 4.69) is 44.3 Å². The van der Waals surface area contributed by atoms with E-state index in [1.165, 1.54) is 18.4 Å². The maximum Gasteiger partial charge on any atom is 0.161 e. The molecule has 0 saturated heterocycles. The lowest BCUT2D eigenvalue weighted by molar-refractivity contribution is 0.296. The van der Waals surface area contributed by atoms with Gasteiger partial charge in [0.05, 0.1) is 13.2 Å². The summed E-state index contributed by atoms with van der Waals surface area (Å²) >= 11 is 0. The first kappa shape index (κ1) is 15.2. The Labute approximate surface area is 122 Å². The molecule has 3 heteroatoms. The summed E-state index contributed by atoms with van der Waals surface area (Å²) in [4.78, 5) is 0. The third-order valence-corrected chi connectivity index (χ3v) is 3.87. The van der Waals surface area contributed by atoms with Crippen molar-refractivity contribution in [2.24, 2.45) is 5.92 Å². The van der Waals surface area contributed by atoms with Crippen LogP contribution in [-0.2, 0) is 0 Å². The van der Waals surface area contributed by atoms with E-state index in [4.69, 9.17) is 9.47 Å². The van der Waals surface area contributed by atoms with E-state index in [0.717, 1.165) is 37.7 Å². The summed E-state index contributed by atoms with van der Waals surface area (Å²) in [6, 6.07) is 6.77. The average molecular weight is 277 g/mol.